The first-order chi connectivity index (χ1) is 11.3. The lowest BCUT2D eigenvalue weighted by atomic mass is 10.0. The van der Waals surface area contributed by atoms with Gasteiger partial charge < -0.3 is 0 Å². The largest absolute Gasteiger partial charge is 0.337 e. The van der Waals surface area contributed by atoms with E-state index in [9.17, 15) is 4.79 Å². The molecule has 0 atom stereocenters. The van der Waals surface area contributed by atoms with Crippen molar-refractivity contribution in [3.8, 4) is 0 Å². The lowest BCUT2D eigenvalue weighted by Gasteiger charge is -2.08. The summed E-state index contributed by atoms with van der Waals surface area (Å²) in [5, 5.41) is 1.12. The van der Waals surface area contributed by atoms with Gasteiger partial charge in [0.25, 0.3) is 0 Å². The smallest absolute Gasteiger partial charge is 0.271 e. The average molecular weight is 327 g/mol. The van der Waals surface area contributed by atoms with Gasteiger partial charge in [-0.2, -0.15) is 0 Å². The van der Waals surface area contributed by atoms with E-state index in [1.54, 1.807) is 13.5 Å². The van der Waals surface area contributed by atoms with Crippen LogP contribution in [0.3, 0.4) is 0 Å². The van der Waals surface area contributed by atoms with Gasteiger partial charge in [0.1, 0.15) is 0 Å². The maximum Gasteiger partial charge on any atom is 0.337 e. The molecule has 0 saturated carbocycles. The highest BCUT2D eigenvalue weighted by molar-refractivity contribution is 5.45. The standard InChI is InChI=1S/C20H40NO2/c1-3-4-5-6-7-8-9-10-11-12-13-14-15-16-17-18-19-23-21(2)20-22/h3-19H2,1-2H3. The zero-order chi connectivity index (χ0) is 17.0. The fourth-order valence-corrected chi connectivity index (χ4v) is 2.88. The first-order valence-corrected chi connectivity index (χ1v) is 10.1. The van der Waals surface area contributed by atoms with Crippen LogP contribution in [0, 0.1) is 0 Å². The van der Waals surface area contributed by atoms with E-state index in [4.69, 9.17) is 4.84 Å². The van der Waals surface area contributed by atoms with Crippen LogP contribution in [0.15, 0.2) is 0 Å². The fourth-order valence-electron chi connectivity index (χ4n) is 2.88. The second kappa shape index (κ2) is 19.5. The Kier molecular flexibility index (Phi) is 19.0. The first-order valence-electron chi connectivity index (χ1n) is 10.1. The SMILES string of the molecule is CCCCCCCCCCCCCCCCCCON(C)[C]=O. The molecule has 0 aliphatic heterocycles. The molecule has 0 saturated heterocycles. The molecule has 0 rings (SSSR count). The Morgan fingerprint density at radius 2 is 1.00 bits per heavy atom. The van der Waals surface area contributed by atoms with Crippen LogP contribution < -0.4 is 0 Å². The maximum atomic E-state index is 10.2. The molecule has 0 aliphatic rings. The summed E-state index contributed by atoms with van der Waals surface area (Å²) in [5.41, 5.74) is 0. The topological polar surface area (TPSA) is 29.5 Å². The van der Waals surface area contributed by atoms with Crippen molar-refractivity contribution in [3.05, 3.63) is 0 Å². The van der Waals surface area contributed by atoms with E-state index in [1.165, 1.54) is 96.3 Å². The molecular formula is C20H40NO2. The van der Waals surface area contributed by atoms with Gasteiger partial charge in [0.15, 0.2) is 0 Å². The molecule has 0 aromatic rings. The molecule has 0 aromatic carbocycles. The highest BCUT2D eigenvalue weighted by atomic mass is 16.7. The summed E-state index contributed by atoms with van der Waals surface area (Å²) >= 11 is 0. The number of rotatable bonds is 19. The molecule has 0 bridgehead atoms. The van der Waals surface area contributed by atoms with Crippen LogP contribution in [-0.2, 0) is 9.63 Å². The Morgan fingerprint density at radius 1 is 0.652 bits per heavy atom. The number of hydrogen-bond acceptors (Lipinski definition) is 2. The van der Waals surface area contributed by atoms with Crippen LogP contribution in [-0.4, -0.2) is 25.1 Å². The van der Waals surface area contributed by atoms with Gasteiger partial charge >= 0.3 is 6.41 Å². The third kappa shape index (κ3) is 19.4. The average Bonchev–Trinajstić information content (AvgIpc) is 2.57. The number of amides is 1. The van der Waals surface area contributed by atoms with E-state index < -0.39 is 0 Å². The molecule has 3 nitrogen and oxygen atoms in total. The molecule has 0 unspecified atom stereocenters. The zero-order valence-corrected chi connectivity index (χ0v) is 15.8. The van der Waals surface area contributed by atoms with Gasteiger partial charge in [-0.25, -0.2) is 5.06 Å². The summed E-state index contributed by atoms with van der Waals surface area (Å²) in [6.07, 6.45) is 23.6. The summed E-state index contributed by atoms with van der Waals surface area (Å²) in [7, 11) is 1.58. The van der Waals surface area contributed by atoms with Crippen molar-refractivity contribution in [3.63, 3.8) is 0 Å². The molecular weight excluding hydrogens is 286 g/mol. The minimum Gasteiger partial charge on any atom is -0.271 e. The molecule has 0 spiro atoms. The molecule has 23 heavy (non-hydrogen) atoms. The highest BCUT2D eigenvalue weighted by Gasteiger charge is 1.96. The van der Waals surface area contributed by atoms with E-state index in [1.807, 2.05) is 0 Å². The molecule has 137 valence electrons. The van der Waals surface area contributed by atoms with Crippen molar-refractivity contribution in [2.45, 2.75) is 110 Å². The van der Waals surface area contributed by atoms with E-state index in [0.717, 1.165) is 11.5 Å². The number of nitrogens with zero attached hydrogens (tertiary/aromatic N) is 1. The lowest BCUT2D eigenvalue weighted by molar-refractivity contribution is -0.0818. The summed E-state index contributed by atoms with van der Waals surface area (Å²) in [4.78, 5) is 15.3. The minimum atomic E-state index is 0.629. The Bertz CT molecular complexity index is 234. The van der Waals surface area contributed by atoms with Crippen molar-refractivity contribution < 1.29 is 9.63 Å². The van der Waals surface area contributed by atoms with Crippen molar-refractivity contribution in [2.75, 3.05) is 13.7 Å². The van der Waals surface area contributed by atoms with Gasteiger partial charge in [0.05, 0.1) is 6.61 Å². The molecule has 0 fully saturated rings. The van der Waals surface area contributed by atoms with Gasteiger partial charge in [-0.3, -0.25) is 9.63 Å². The molecule has 1 amide bonds. The Labute approximate surface area is 145 Å². The van der Waals surface area contributed by atoms with Gasteiger partial charge in [-0.05, 0) is 6.42 Å². The number of hydroxylamine groups is 2. The van der Waals surface area contributed by atoms with Crippen LogP contribution in [0.1, 0.15) is 110 Å². The van der Waals surface area contributed by atoms with Crippen molar-refractivity contribution in [2.24, 2.45) is 0 Å². The zero-order valence-electron chi connectivity index (χ0n) is 15.8. The summed E-state index contributed by atoms with van der Waals surface area (Å²) in [6.45, 7) is 2.91. The summed E-state index contributed by atoms with van der Waals surface area (Å²) in [5.74, 6) is 0. The second-order valence-electron chi connectivity index (χ2n) is 6.73. The number of carbonyl (C=O) groups excluding carboxylic acids is 1. The molecule has 0 aromatic heterocycles. The first kappa shape index (κ1) is 22.4. The van der Waals surface area contributed by atoms with E-state index >= 15 is 0 Å². The molecule has 1 radical (unpaired) electrons. The highest BCUT2D eigenvalue weighted by Crippen LogP contribution is 2.13. The van der Waals surface area contributed by atoms with Crippen LogP contribution in [0.25, 0.3) is 0 Å². The number of hydrogen-bond donors (Lipinski definition) is 0. The van der Waals surface area contributed by atoms with Crippen LogP contribution in [0.5, 0.6) is 0 Å². The van der Waals surface area contributed by atoms with E-state index in [0.29, 0.717) is 6.61 Å². The molecule has 0 N–H and O–H groups in total. The summed E-state index contributed by atoms with van der Waals surface area (Å²) in [6, 6.07) is 0. The summed E-state index contributed by atoms with van der Waals surface area (Å²) < 4.78 is 0. The third-order valence-electron chi connectivity index (χ3n) is 4.41. The normalized spacial score (nSPS) is 10.9. The van der Waals surface area contributed by atoms with E-state index in [-0.39, 0.29) is 0 Å². The van der Waals surface area contributed by atoms with Crippen molar-refractivity contribution >= 4 is 6.41 Å². The van der Waals surface area contributed by atoms with E-state index in [2.05, 4.69) is 6.92 Å². The Hall–Kier alpha value is -0.570. The predicted octanol–water partition coefficient (Wildman–Crippen LogP) is 6.18. The second-order valence-corrected chi connectivity index (χ2v) is 6.73. The van der Waals surface area contributed by atoms with Gasteiger partial charge in [-0.1, -0.05) is 103 Å². The lowest BCUT2D eigenvalue weighted by Crippen LogP contribution is -2.16. The molecule has 0 heterocycles. The fraction of sp³-hybridized carbons (Fsp3) is 0.950. The van der Waals surface area contributed by atoms with Crippen LogP contribution >= 0.6 is 0 Å². The maximum absolute atomic E-state index is 10.2. The number of unbranched alkanes of at least 4 members (excludes halogenated alkanes) is 15. The van der Waals surface area contributed by atoms with Crippen LogP contribution in [0.4, 0.5) is 0 Å². The molecule has 3 heteroatoms. The minimum absolute atomic E-state index is 0.629. The predicted molar refractivity (Wildman–Crippen MR) is 99.0 cm³/mol. The van der Waals surface area contributed by atoms with Crippen molar-refractivity contribution in [1.29, 1.82) is 0 Å². The quantitative estimate of drug-likeness (QED) is 0.161. The van der Waals surface area contributed by atoms with Gasteiger partial charge in [0.2, 0.25) is 0 Å². The third-order valence-corrected chi connectivity index (χ3v) is 4.41. The monoisotopic (exact) mass is 326 g/mol. The Balaban J connectivity index is 2.99. The molecule has 0 aliphatic carbocycles. The Morgan fingerprint density at radius 3 is 1.35 bits per heavy atom. The van der Waals surface area contributed by atoms with Crippen molar-refractivity contribution in [1.82, 2.24) is 5.06 Å². The van der Waals surface area contributed by atoms with Gasteiger partial charge in [-0.15, -0.1) is 0 Å². The van der Waals surface area contributed by atoms with Gasteiger partial charge in [0, 0.05) is 7.05 Å². The van der Waals surface area contributed by atoms with Crippen LogP contribution in [0.2, 0.25) is 0 Å².